The molecule has 0 saturated heterocycles. The van der Waals surface area contributed by atoms with Gasteiger partial charge in [0.15, 0.2) is 0 Å². The molecule has 0 bridgehead atoms. The number of nitrogens with zero attached hydrogens (tertiary/aromatic N) is 2. The van der Waals surface area contributed by atoms with E-state index in [2.05, 4.69) is 50.8 Å². The Morgan fingerprint density at radius 2 is 1.95 bits per heavy atom. The second-order valence-electron chi connectivity index (χ2n) is 6.09. The van der Waals surface area contributed by atoms with Crippen molar-refractivity contribution < 1.29 is 4.74 Å². The number of aromatic nitrogens is 1. The molecule has 0 amide bonds. The smallest absolute Gasteiger partial charge is 0.213 e. The fourth-order valence-corrected chi connectivity index (χ4v) is 1.81. The van der Waals surface area contributed by atoms with Crippen molar-refractivity contribution in [2.45, 2.75) is 38.5 Å². The summed E-state index contributed by atoms with van der Waals surface area (Å²) in [5.74, 6) is 1.17. The average molecular weight is 285 g/mol. The van der Waals surface area contributed by atoms with Gasteiger partial charge in [-0.25, -0.2) is 4.98 Å². The standard InChI is InChI=1S/C15H25ClN2O/c1-15(2,3)13-9-12(11-16)10-14(17-13)19-8-6-7-18(4)5/h9-10H,6-8,11H2,1-5H3. The number of hydrogen-bond acceptors (Lipinski definition) is 3. The molecule has 0 aliphatic rings. The first-order valence-corrected chi connectivity index (χ1v) is 7.21. The maximum absolute atomic E-state index is 5.93. The fourth-order valence-electron chi connectivity index (χ4n) is 1.65. The van der Waals surface area contributed by atoms with Gasteiger partial charge in [-0.1, -0.05) is 20.8 Å². The molecule has 0 N–H and O–H groups in total. The summed E-state index contributed by atoms with van der Waals surface area (Å²) in [7, 11) is 4.12. The van der Waals surface area contributed by atoms with Crippen molar-refractivity contribution in [3.63, 3.8) is 0 Å². The van der Waals surface area contributed by atoms with Gasteiger partial charge in [0.25, 0.3) is 0 Å². The number of alkyl halides is 1. The molecule has 0 atom stereocenters. The van der Waals surface area contributed by atoms with Crippen molar-refractivity contribution in [2.24, 2.45) is 0 Å². The Kier molecular flexibility index (Phi) is 6.08. The first kappa shape index (κ1) is 16.3. The summed E-state index contributed by atoms with van der Waals surface area (Å²) in [6, 6.07) is 3.98. The Morgan fingerprint density at radius 3 is 2.47 bits per heavy atom. The van der Waals surface area contributed by atoms with E-state index in [-0.39, 0.29) is 5.41 Å². The highest BCUT2D eigenvalue weighted by Gasteiger charge is 2.17. The molecule has 19 heavy (non-hydrogen) atoms. The third kappa shape index (κ3) is 5.79. The van der Waals surface area contributed by atoms with E-state index in [0.29, 0.717) is 18.4 Å². The first-order chi connectivity index (χ1) is 8.82. The molecule has 1 aromatic rings. The van der Waals surface area contributed by atoms with E-state index in [1.807, 2.05) is 6.07 Å². The molecule has 4 heteroatoms. The van der Waals surface area contributed by atoms with Crippen molar-refractivity contribution in [3.05, 3.63) is 23.4 Å². The van der Waals surface area contributed by atoms with Gasteiger partial charge in [0, 0.05) is 23.9 Å². The van der Waals surface area contributed by atoms with E-state index >= 15 is 0 Å². The molecule has 0 aliphatic carbocycles. The van der Waals surface area contributed by atoms with Gasteiger partial charge in [-0.2, -0.15) is 0 Å². The van der Waals surface area contributed by atoms with Crippen LogP contribution in [0.1, 0.15) is 38.4 Å². The number of rotatable bonds is 6. The Hall–Kier alpha value is -0.800. The quantitative estimate of drug-likeness (QED) is 0.591. The predicted molar refractivity (Wildman–Crippen MR) is 81.2 cm³/mol. The average Bonchev–Trinajstić information content (AvgIpc) is 2.33. The van der Waals surface area contributed by atoms with Crippen LogP contribution in [-0.2, 0) is 11.3 Å². The molecule has 1 rings (SSSR count). The van der Waals surface area contributed by atoms with E-state index in [9.17, 15) is 0 Å². The maximum atomic E-state index is 5.93. The van der Waals surface area contributed by atoms with Gasteiger partial charge in [0.05, 0.1) is 12.3 Å². The van der Waals surface area contributed by atoms with Gasteiger partial charge < -0.3 is 9.64 Å². The van der Waals surface area contributed by atoms with Crippen molar-refractivity contribution in [1.82, 2.24) is 9.88 Å². The molecule has 0 spiro atoms. The van der Waals surface area contributed by atoms with Crippen LogP contribution in [0.15, 0.2) is 12.1 Å². The molecule has 0 unspecified atom stereocenters. The first-order valence-electron chi connectivity index (χ1n) is 6.68. The Morgan fingerprint density at radius 1 is 1.26 bits per heavy atom. The third-order valence-corrected chi connectivity index (χ3v) is 3.09. The maximum Gasteiger partial charge on any atom is 0.213 e. The van der Waals surface area contributed by atoms with E-state index in [1.54, 1.807) is 0 Å². The Balaban J connectivity index is 2.72. The molecule has 0 aromatic carbocycles. The summed E-state index contributed by atoms with van der Waals surface area (Å²) in [5.41, 5.74) is 2.08. The lowest BCUT2D eigenvalue weighted by molar-refractivity contribution is 0.271. The van der Waals surface area contributed by atoms with Crippen molar-refractivity contribution in [3.8, 4) is 5.88 Å². The van der Waals surface area contributed by atoms with Crippen LogP contribution in [0, 0.1) is 0 Å². The summed E-state index contributed by atoms with van der Waals surface area (Å²) in [4.78, 5) is 6.72. The predicted octanol–water partition coefficient (Wildman–Crippen LogP) is 3.45. The number of hydrogen-bond donors (Lipinski definition) is 0. The normalized spacial score (nSPS) is 11.9. The summed E-state index contributed by atoms with van der Waals surface area (Å²) in [6.45, 7) is 8.12. The van der Waals surface area contributed by atoms with Crippen LogP contribution in [0.2, 0.25) is 0 Å². The number of pyridine rings is 1. The van der Waals surface area contributed by atoms with E-state index in [4.69, 9.17) is 16.3 Å². The van der Waals surface area contributed by atoms with E-state index < -0.39 is 0 Å². The lowest BCUT2D eigenvalue weighted by atomic mass is 9.91. The van der Waals surface area contributed by atoms with Gasteiger partial charge in [0.1, 0.15) is 0 Å². The van der Waals surface area contributed by atoms with Crippen molar-refractivity contribution >= 4 is 11.6 Å². The Labute approximate surface area is 121 Å². The molecule has 0 radical (unpaired) electrons. The fraction of sp³-hybridized carbons (Fsp3) is 0.667. The van der Waals surface area contributed by atoms with E-state index in [0.717, 1.165) is 24.2 Å². The molecule has 0 fully saturated rings. The minimum absolute atomic E-state index is 0.00378. The lowest BCUT2D eigenvalue weighted by Crippen LogP contribution is -2.17. The second-order valence-corrected chi connectivity index (χ2v) is 6.36. The molecule has 1 aromatic heterocycles. The van der Waals surface area contributed by atoms with Gasteiger partial charge in [-0.15, -0.1) is 11.6 Å². The summed E-state index contributed by atoms with van der Waals surface area (Å²) in [5, 5.41) is 0. The molecular formula is C15H25ClN2O. The van der Waals surface area contributed by atoms with Crippen LogP contribution in [0.25, 0.3) is 0 Å². The zero-order chi connectivity index (χ0) is 14.5. The molecule has 108 valence electrons. The molecule has 0 saturated carbocycles. The largest absolute Gasteiger partial charge is 0.478 e. The van der Waals surface area contributed by atoms with E-state index in [1.165, 1.54) is 0 Å². The SMILES string of the molecule is CN(C)CCCOc1cc(CCl)cc(C(C)(C)C)n1. The van der Waals surface area contributed by atoms with Crippen LogP contribution < -0.4 is 4.74 Å². The third-order valence-electron chi connectivity index (χ3n) is 2.78. The highest BCUT2D eigenvalue weighted by atomic mass is 35.5. The van der Waals surface area contributed by atoms with Gasteiger partial charge in [-0.3, -0.25) is 0 Å². The molecule has 0 aliphatic heterocycles. The minimum atomic E-state index is 0.00378. The van der Waals surface area contributed by atoms with Gasteiger partial charge >= 0.3 is 0 Å². The van der Waals surface area contributed by atoms with Crippen molar-refractivity contribution in [1.29, 1.82) is 0 Å². The Bertz CT molecular complexity index is 400. The second kappa shape index (κ2) is 7.11. The van der Waals surface area contributed by atoms with Crippen LogP contribution in [0.4, 0.5) is 0 Å². The summed E-state index contributed by atoms with van der Waals surface area (Å²) < 4.78 is 5.74. The molecule has 1 heterocycles. The van der Waals surface area contributed by atoms with Crippen LogP contribution >= 0.6 is 11.6 Å². The molecular weight excluding hydrogens is 260 g/mol. The highest BCUT2D eigenvalue weighted by Crippen LogP contribution is 2.25. The summed E-state index contributed by atoms with van der Waals surface area (Å²) >= 11 is 5.93. The number of ether oxygens (including phenoxy) is 1. The topological polar surface area (TPSA) is 25.4 Å². The minimum Gasteiger partial charge on any atom is -0.478 e. The zero-order valence-electron chi connectivity index (χ0n) is 12.7. The highest BCUT2D eigenvalue weighted by molar-refractivity contribution is 6.17. The lowest BCUT2D eigenvalue weighted by Gasteiger charge is -2.19. The molecule has 3 nitrogen and oxygen atoms in total. The number of halogens is 1. The zero-order valence-corrected chi connectivity index (χ0v) is 13.4. The van der Waals surface area contributed by atoms with Gasteiger partial charge in [-0.05, 0) is 32.1 Å². The van der Waals surface area contributed by atoms with Crippen LogP contribution in [-0.4, -0.2) is 37.1 Å². The van der Waals surface area contributed by atoms with Crippen LogP contribution in [0.3, 0.4) is 0 Å². The summed E-state index contributed by atoms with van der Waals surface area (Å²) in [6.07, 6.45) is 0.991. The van der Waals surface area contributed by atoms with Gasteiger partial charge in [0.2, 0.25) is 5.88 Å². The van der Waals surface area contributed by atoms with Crippen molar-refractivity contribution in [2.75, 3.05) is 27.2 Å². The monoisotopic (exact) mass is 284 g/mol. The van der Waals surface area contributed by atoms with Crippen LogP contribution in [0.5, 0.6) is 5.88 Å².